The molecule has 0 heterocycles. The average molecular weight is 258 g/mol. The zero-order chi connectivity index (χ0) is 11.1. The first kappa shape index (κ1) is 13.6. The minimum atomic E-state index is -1.10. The van der Waals surface area contributed by atoms with Gasteiger partial charge in [-0.15, -0.1) is 11.8 Å². The van der Waals surface area contributed by atoms with E-state index in [0.29, 0.717) is 0 Å². The van der Waals surface area contributed by atoms with E-state index < -0.39 is 17.9 Å². The molecule has 80 valence electrons. The van der Waals surface area contributed by atoms with Crippen molar-refractivity contribution in [2.75, 3.05) is 5.75 Å². The highest BCUT2D eigenvalue weighted by molar-refractivity contribution is 8.04. The predicted octanol–water partition coefficient (Wildman–Crippen LogP) is 1.59. The lowest BCUT2D eigenvalue weighted by Crippen LogP contribution is -2.41. The van der Waals surface area contributed by atoms with E-state index in [-0.39, 0.29) is 10.1 Å². The fraction of sp³-hybridized carbons (Fsp3) is 0.429. The van der Waals surface area contributed by atoms with Crippen LogP contribution in [-0.4, -0.2) is 28.8 Å². The van der Waals surface area contributed by atoms with Gasteiger partial charge >= 0.3 is 5.97 Å². The second kappa shape index (κ2) is 6.98. The number of amides is 1. The van der Waals surface area contributed by atoms with Crippen LogP contribution in [0.5, 0.6) is 0 Å². The first-order valence-corrected chi connectivity index (χ1v) is 5.36. The standard InChI is InChI=1S/C7H9Cl2NO3S/c1-4(11)10-5(7(12)13)3-14-6(9)2-8/h2,5H,3H2,1H3,(H,10,11)(H,12,13)/b6-2+. The highest BCUT2D eigenvalue weighted by Gasteiger charge is 2.18. The van der Waals surface area contributed by atoms with Crippen LogP contribution in [0, 0.1) is 0 Å². The van der Waals surface area contributed by atoms with Gasteiger partial charge in [0, 0.05) is 18.2 Å². The molecule has 0 aliphatic rings. The second-order valence-electron chi connectivity index (χ2n) is 2.32. The van der Waals surface area contributed by atoms with Crippen LogP contribution in [0.1, 0.15) is 6.92 Å². The number of carbonyl (C=O) groups is 2. The number of carboxylic acids is 1. The number of halogens is 2. The zero-order valence-corrected chi connectivity index (χ0v) is 9.62. The molecule has 0 rings (SSSR count). The number of thioether (sulfide) groups is 1. The molecule has 7 heteroatoms. The molecular formula is C7H9Cl2NO3S. The summed E-state index contributed by atoms with van der Waals surface area (Å²) in [7, 11) is 0. The van der Waals surface area contributed by atoms with Crippen molar-refractivity contribution < 1.29 is 14.7 Å². The SMILES string of the molecule is CC(=O)NC(CS/C(Cl)=C/Cl)C(=O)O. The van der Waals surface area contributed by atoms with Crippen molar-refractivity contribution in [3.8, 4) is 0 Å². The lowest BCUT2D eigenvalue weighted by Gasteiger charge is -2.11. The summed E-state index contributed by atoms with van der Waals surface area (Å²) in [5, 5.41) is 11.0. The highest BCUT2D eigenvalue weighted by atomic mass is 35.5. The van der Waals surface area contributed by atoms with E-state index >= 15 is 0 Å². The van der Waals surface area contributed by atoms with Crippen molar-refractivity contribution in [3.63, 3.8) is 0 Å². The van der Waals surface area contributed by atoms with Crippen LogP contribution in [-0.2, 0) is 9.59 Å². The summed E-state index contributed by atoms with van der Waals surface area (Å²) in [6.07, 6.45) is 0. The third kappa shape index (κ3) is 6.12. The van der Waals surface area contributed by atoms with E-state index in [2.05, 4.69) is 5.32 Å². The molecule has 0 aromatic carbocycles. The molecule has 0 saturated heterocycles. The molecular weight excluding hydrogens is 249 g/mol. The number of hydrogen-bond acceptors (Lipinski definition) is 3. The van der Waals surface area contributed by atoms with Crippen LogP contribution in [0.25, 0.3) is 0 Å². The van der Waals surface area contributed by atoms with Gasteiger partial charge in [0.15, 0.2) is 0 Å². The maximum atomic E-state index is 10.6. The van der Waals surface area contributed by atoms with Crippen LogP contribution in [0.3, 0.4) is 0 Å². The molecule has 0 saturated carbocycles. The van der Waals surface area contributed by atoms with Gasteiger partial charge in [0.05, 0.1) is 4.36 Å². The Hall–Kier alpha value is -0.390. The highest BCUT2D eigenvalue weighted by Crippen LogP contribution is 2.21. The molecule has 4 nitrogen and oxygen atoms in total. The quantitative estimate of drug-likeness (QED) is 0.785. The molecule has 0 aliphatic carbocycles. The first-order chi connectivity index (χ1) is 6.47. The van der Waals surface area contributed by atoms with Gasteiger partial charge in [-0.25, -0.2) is 4.79 Å². The fourth-order valence-corrected chi connectivity index (χ4v) is 1.61. The molecule has 0 radical (unpaired) electrons. The van der Waals surface area contributed by atoms with E-state index in [1.165, 1.54) is 6.92 Å². The van der Waals surface area contributed by atoms with Gasteiger partial charge < -0.3 is 10.4 Å². The molecule has 1 amide bonds. The summed E-state index contributed by atoms with van der Waals surface area (Å²) in [5.41, 5.74) is 1.14. The van der Waals surface area contributed by atoms with Crippen molar-refractivity contribution in [1.29, 1.82) is 0 Å². The average Bonchev–Trinajstić information content (AvgIpc) is 2.10. The molecule has 0 aromatic heterocycles. The maximum absolute atomic E-state index is 10.6. The van der Waals surface area contributed by atoms with E-state index in [1.807, 2.05) is 0 Å². The van der Waals surface area contributed by atoms with Crippen molar-refractivity contribution >= 4 is 46.8 Å². The molecule has 1 unspecified atom stereocenters. The maximum Gasteiger partial charge on any atom is 0.327 e. The third-order valence-electron chi connectivity index (χ3n) is 1.15. The van der Waals surface area contributed by atoms with Crippen LogP contribution < -0.4 is 5.32 Å². The van der Waals surface area contributed by atoms with E-state index in [9.17, 15) is 9.59 Å². The third-order valence-corrected chi connectivity index (χ3v) is 2.94. The topological polar surface area (TPSA) is 66.4 Å². The van der Waals surface area contributed by atoms with Crippen molar-refractivity contribution in [3.05, 3.63) is 9.90 Å². The van der Waals surface area contributed by atoms with Crippen molar-refractivity contribution in [2.45, 2.75) is 13.0 Å². The minimum Gasteiger partial charge on any atom is -0.480 e. The van der Waals surface area contributed by atoms with Gasteiger partial charge in [-0.1, -0.05) is 23.2 Å². The molecule has 14 heavy (non-hydrogen) atoms. The molecule has 0 fully saturated rings. The molecule has 2 N–H and O–H groups in total. The van der Waals surface area contributed by atoms with Gasteiger partial charge in [-0.05, 0) is 0 Å². The van der Waals surface area contributed by atoms with E-state index in [4.69, 9.17) is 28.3 Å². The molecule has 0 spiro atoms. The Balaban J connectivity index is 4.11. The van der Waals surface area contributed by atoms with E-state index in [1.54, 1.807) is 0 Å². The first-order valence-electron chi connectivity index (χ1n) is 3.56. The van der Waals surface area contributed by atoms with Gasteiger partial charge in [-0.3, -0.25) is 4.79 Å². The Morgan fingerprint density at radius 2 is 2.21 bits per heavy atom. The Bertz CT molecular complexity index is 257. The zero-order valence-electron chi connectivity index (χ0n) is 7.29. The summed E-state index contributed by atoms with van der Waals surface area (Å²) < 4.78 is 0.281. The fourth-order valence-electron chi connectivity index (χ4n) is 0.614. The summed E-state index contributed by atoms with van der Waals surface area (Å²) in [4.78, 5) is 21.2. The summed E-state index contributed by atoms with van der Waals surface area (Å²) in [6.45, 7) is 1.25. The Morgan fingerprint density at radius 1 is 1.64 bits per heavy atom. The Morgan fingerprint density at radius 3 is 2.57 bits per heavy atom. The van der Waals surface area contributed by atoms with E-state index in [0.717, 1.165) is 17.3 Å². The Labute approximate surface area is 95.6 Å². The smallest absolute Gasteiger partial charge is 0.327 e. The van der Waals surface area contributed by atoms with Crippen molar-refractivity contribution in [2.24, 2.45) is 0 Å². The van der Waals surface area contributed by atoms with Gasteiger partial charge in [-0.2, -0.15) is 0 Å². The van der Waals surface area contributed by atoms with Crippen molar-refractivity contribution in [1.82, 2.24) is 5.32 Å². The summed E-state index contributed by atoms with van der Waals surface area (Å²) in [6, 6.07) is -0.956. The summed E-state index contributed by atoms with van der Waals surface area (Å²) >= 11 is 11.9. The number of carbonyl (C=O) groups excluding carboxylic acids is 1. The summed E-state index contributed by atoms with van der Waals surface area (Å²) in [5.74, 6) is -1.37. The second-order valence-corrected chi connectivity index (χ2v) is 4.23. The van der Waals surface area contributed by atoms with Crippen LogP contribution in [0.4, 0.5) is 0 Å². The number of rotatable bonds is 5. The number of hydrogen-bond donors (Lipinski definition) is 2. The Kier molecular flexibility index (Phi) is 6.78. The van der Waals surface area contributed by atoms with Gasteiger partial charge in [0.2, 0.25) is 5.91 Å². The lowest BCUT2D eigenvalue weighted by atomic mass is 10.3. The molecule has 0 bridgehead atoms. The number of carboxylic acid groups (broad SMARTS) is 1. The minimum absolute atomic E-state index is 0.136. The van der Waals surface area contributed by atoms with Crippen LogP contribution >= 0.6 is 35.0 Å². The molecule has 0 aromatic rings. The number of nitrogens with one attached hydrogen (secondary N) is 1. The molecule has 1 atom stereocenters. The van der Waals surface area contributed by atoms with Crippen LogP contribution in [0.2, 0.25) is 0 Å². The lowest BCUT2D eigenvalue weighted by molar-refractivity contribution is -0.140. The monoisotopic (exact) mass is 257 g/mol. The molecule has 0 aliphatic heterocycles. The largest absolute Gasteiger partial charge is 0.480 e. The number of aliphatic carboxylic acids is 1. The normalized spacial score (nSPS) is 13.5. The van der Waals surface area contributed by atoms with Gasteiger partial charge in [0.1, 0.15) is 6.04 Å². The van der Waals surface area contributed by atoms with Gasteiger partial charge in [0.25, 0.3) is 0 Å². The predicted molar refractivity (Wildman–Crippen MR) is 57.5 cm³/mol. The van der Waals surface area contributed by atoms with Crippen LogP contribution in [0.15, 0.2) is 9.90 Å².